The molecule has 5 rings (SSSR count). The molecule has 1 heterocycles. The summed E-state index contributed by atoms with van der Waals surface area (Å²) in [4.78, 5) is 42.8. The normalized spacial score (nSPS) is 19.7. The van der Waals surface area contributed by atoms with Crippen molar-refractivity contribution in [1.29, 1.82) is 0 Å². The van der Waals surface area contributed by atoms with Crippen molar-refractivity contribution in [2.75, 3.05) is 25.6 Å². The van der Waals surface area contributed by atoms with E-state index in [1.165, 1.54) is 0 Å². The van der Waals surface area contributed by atoms with Crippen molar-refractivity contribution < 1.29 is 23.9 Å². The molecule has 7 nitrogen and oxygen atoms in total. The van der Waals surface area contributed by atoms with E-state index >= 15 is 0 Å². The average molecular weight is 585 g/mol. The molecule has 2 aliphatic carbocycles. The van der Waals surface area contributed by atoms with Crippen LogP contribution in [0, 0.1) is 17.8 Å². The van der Waals surface area contributed by atoms with Crippen LogP contribution in [-0.2, 0) is 14.4 Å². The zero-order valence-corrected chi connectivity index (χ0v) is 26.6. The van der Waals surface area contributed by atoms with E-state index in [1.54, 1.807) is 13.2 Å². The van der Waals surface area contributed by atoms with Gasteiger partial charge in [0.05, 0.1) is 7.11 Å². The lowest BCUT2D eigenvalue weighted by Gasteiger charge is -2.49. The molecule has 0 bridgehead atoms. The SMILES string of the molecule is CCCN1C2=C(C(=O)CC(C)(C)C2)C(c2ccc(OCC(=O)Nc3ccccc3C)c(OC)c2)C2=C1CC(C)(C)CC2=O. The van der Waals surface area contributed by atoms with Gasteiger partial charge in [-0.15, -0.1) is 0 Å². The summed E-state index contributed by atoms with van der Waals surface area (Å²) in [5, 5.41) is 2.88. The minimum Gasteiger partial charge on any atom is -0.493 e. The quantitative estimate of drug-likeness (QED) is 0.356. The number of nitrogens with zero attached hydrogens (tertiary/aromatic N) is 1. The highest BCUT2D eigenvalue weighted by atomic mass is 16.5. The summed E-state index contributed by atoms with van der Waals surface area (Å²) >= 11 is 0. The van der Waals surface area contributed by atoms with Gasteiger partial charge in [0.1, 0.15) is 0 Å². The maximum Gasteiger partial charge on any atom is 0.262 e. The maximum absolute atomic E-state index is 13.9. The van der Waals surface area contributed by atoms with E-state index in [9.17, 15) is 14.4 Å². The van der Waals surface area contributed by atoms with Crippen molar-refractivity contribution in [1.82, 2.24) is 4.90 Å². The molecule has 0 aromatic heterocycles. The fraction of sp³-hybridized carbons (Fsp3) is 0.472. The van der Waals surface area contributed by atoms with Gasteiger partial charge in [0.2, 0.25) is 0 Å². The summed E-state index contributed by atoms with van der Waals surface area (Å²) in [5.74, 6) is 0.345. The zero-order valence-electron chi connectivity index (χ0n) is 26.6. The third-order valence-electron chi connectivity index (χ3n) is 8.77. The summed E-state index contributed by atoms with van der Waals surface area (Å²) in [7, 11) is 1.56. The molecule has 0 spiro atoms. The Labute approximate surface area is 255 Å². The second-order valence-corrected chi connectivity index (χ2v) is 13.7. The molecule has 1 aliphatic heterocycles. The molecule has 0 radical (unpaired) electrons. The van der Waals surface area contributed by atoms with Crippen LogP contribution in [0.5, 0.6) is 11.5 Å². The third kappa shape index (κ3) is 6.13. The second kappa shape index (κ2) is 11.7. The van der Waals surface area contributed by atoms with Crippen molar-refractivity contribution in [3.8, 4) is 11.5 Å². The first-order valence-electron chi connectivity index (χ1n) is 15.3. The Morgan fingerprint density at radius 3 is 2.07 bits per heavy atom. The van der Waals surface area contributed by atoms with Crippen LogP contribution >= 0.6 is 0 Å². The molecular formula is C36H44N2O5. The number of aryl methyl sites for hydroxylation is 1. The van der Waals surface area contributed by atoms with Crippen LogP contribution in [0.15, 0.2) is 65.0 Å². The van der Waals surface area contributed by atoms with Gasteiger partial charge in [-0.1, -0.05) is 58.9 Å². The smallest absolute Gasteiger partial charge is 0.262 e. The zero-order chi connectivity index (χ0) is 31.1. The van der Waals surface area contributed by atoms with Gasteiger partial charge in [-0.3, -0.25) is 14.4 Å². The number of amides is 1. The summed E-state index contributed by atoms with van der Waals surface area (Å²) in [5.41, 5.74) is 5.81. The van der Waals surface area contributed by atoms with Gasteiger partial charge in [-0.05, 0) is 66.3 Å². The van der Waals surface area contributed by atoms with Gasteiger partial charge in [0, 0.05) is 53.5 Å². The van der Waals surface area contributed by atoms with E-state index in [4.69, 9.17) is 9.47 Å². The van der Waals surface area contributed by atoms with Crippen molar-refractivity contribution in [3.63, 3.8) is 0 Å². The average Bonchev–Trinajstić information content (AvgIpc) is 2.92. The van der Waals surface area contributed by atoms with Crippen LogP contribution in [0.2, 0.25) is 0 Å². The van der Waals surface area contributed by atoms with Gasteiger partial charge in [-0.2, -0.15) is 0 Å². The van der Waals surface area contributed by atoms with Gasteiger partial charge in [0.15, 0.2) is 29.7 Å². The number of ketones is 2. The Bertz CT molecular complexity index is 1480. The van der Waals surface area contributed by atoms with Crippen LogP contribution in [0.1, 0.15) is 83.8 Å². The fourth-order valence-electron chi connectivity index (χ4n) is 6.90. The highest BCUT2D eigenvalue weighted by Crippen LogP contribution is 2.55. The number of carbonyl (C=O) groups is 3. The predicted octanol–water partition coefficient (Wildman–Crippen LogP) is 7.12. The summed E-state index contributed by atoms with van der Waals surface area (Å²) in [6.07, 6.45) is 3.37. The minimum absolute atomic E-state index is 0.105. The van der Waals surface area contributed by atoms with Crippen molar-refractivity contribution >= 4 is 23.2 Å². The topological polar surface area (TPSA) is 84.9 Å². The Balaban J connectivity index is 1.53. The molecule has 0 unspecified atom stereocenters. The number of nitrogens with one attached hydrogen (secondary N) is 1. The van der Waals surface area contributed by atoms with E-state index in [2.05, 4.69) is 44.8 Å². The highest BCUT2D eigenvalue weighted by Gasteiger charge is 2.48. The molecule has 228 valence electrons. The Kier molecular flexibility index (Phi) is 8.30. The van der Waals surface area contributed by atoms with E-state index < -0.39 is 5.92 Å². The van der Waals surface area contributed by atoms with Crippen LogP contribution < -0.4 is 14.8 Å². The van der Waals surface area contributed by atoms with E-state index in [1.807, 2.05) is 43.3 Å². The Morgan fingerprint density at radius 2 is 1.51 bits per heavy atom. The molecule has 1 N–H and O–H groups in total. The standard InChI is InChI=1S/C36H44N2O5/c1-8-15-38-25-17-35(3,4)19-27(39)33(25)32(34-26(38)18-36(5,6)20-28(34)40)23-13-14-29(30(16-23)42-7)43-21-31(41)37-24-12-10-9-11-22(24)2/h9-14,16,32H,8,15,17-21H2,1-7H3,(H,37,41). The first kappa shape index (κ1) is 30.6. The Morgan fingerprint density at radius 1 is 0.907 bits per heavy atom. The number of hydrogen-bond donors (Lipinski definition) is 1. The van der Waals surface area contributed by atoms with E-state index in [0.717, 1.165) is 65.2 Å². The van der Waals surface area contributed by atoms with Crippen LogP contribution in [0.25, 0.3) is 0 Å². The Hall–Kier alpha value is -3.87. The van der Waals surface area contributed by atoms with Crippen LogP contribution in [0.3, 0.4) is 0 Å². The first-order valence-corrected chi connectivity index (χ1v) is 15.3. The maximum atomic E-state index is 13.9. The molecular weight excluding hydrogens is 540 g/mol. The molecule has 43 heavy (non-hydrogen) atoms. The number of anilines is 1. The molecule has 3 aliphatic rings. The fourth-order valence-corrected chi connectivity index (χ4v) is 6.90. The highest BCUT2D eigenvalue weighted by molar-refractivity contribution is 6.07. The van der Waals surface area contributed by atoms with Gasteiger partial charge in [0.25, 0.3) is 5.91 Å². The van der Waals surface area contributed by atoms with Gasteiger partial charge in [-0.25, -0.2) is 0 Å². The molecule has 0 atom stereocenters. The third-order valence-corrected chi connectivity index (χ3v) is 8.77. The molecule has 0 saturated carbocycles. The molecule has 7 heteroatoms. The summed E-state index contributed by atoms with van der Waals surface area (Å²) in [6.45, 7) is 13.3. The second-order valence-electron chi connectivity index (χ2n) is 13.7. The van der Waals surface area contributed by atoms with Crippen LogP contribution in [-0.4, -0.2) is 42.6 Å². The largest absolute Gasteiger partial charge is 0.493 e. The molecule has 1 amide bonds. The number of rotatable bonds is 8. The number of hydrogen-bond acceptors (Lipinski definition) is 6. The summed E-state index contributed by atoms with van der Waals surface area (Å²) < 4.78 is 11.6. The van der Waals surface area contributed by atoms with E-state index in [0.29, 0.717) is 24.3 Å². The number of allylic oxidation sites excluding steroid dienone is 4. The van der Waals surface area contributed by atoms with Gasteiger partial charge >= 0.3 is 0 Å². The van der Waals surface area contributed by atoms with Crippen LogP contribution in [0.4, 0.5) is 5.69 Å². The monoisotopic (exact) mass is 584 g/mol. The minimum atomic E-state index is -0.461. The van der Waals surface area contributed by atoms with E-state index in [-0.39, 0.29) is 34.9 Å². The number of carbonyl (C=O) groups excluding carboxylic acids is 3. The van der Waals surface area contributed by atoms with Crippen molar-refractivity contribution in [2.24, 2.45) is 10.8 Å². The lowest BCUT2D eigenvalue weighted by Crippen LogP contribution is -2.44. The number of para-hydroxylation sites is 1. The lowest BCUT2D eigenvalue weighted by atomic mass is 9.63. The number of methoxy groups -OCH3 is 1. The predicted molar refractivity (Wildman–Crippen MR) is 168 cm³/mol. The first-order chi connectivity index (χ1) is 20.3. The molecule has 0 saturated heterocycles. The van der Waals surface area contributed by atoms with Crippen molar-refractivity contribution in [2.45, 2.75) is 79.6 Å². The molecule has 0 fully saturated rings. The summed E-state index contributed by atoms with van der Waals surface area (Å²) in [6, 6.07) is 13.1. The number of ether oxygens (including phenoxy) is 2. The van der Waals surface area contributed by atoms with Crippen molar-refractivity contribution in [3.05, 3.63) is 76.1 Å². The molecule has 2 aromatic carbocycles. The lowest BCUT2D eigenvalue weighted by molar-refractivity contribution is -0.120. The number of Topliss-reactive ketones (excluding diaryl/α,β-unsaturated/α-hetero) is 2. The number of benzene rings is 2. The van der Waals surface area contributed by atoms with Gasteiger partial charge < -0.3 is 19.7 Å². The molecule has 2 aromatic rings.